The monoisotopic (exact) mass is 410 g/mol. The quantitative estimate of drug-likeness (QED) is 0.304. The largest absolute Gasteiger partial charge is 0.465 e. The minimum Gasteiger partial charge on any atom is -0.465 e. The van der Waals surface area contributed by atoms with Crippen LogP contribution >= 0.6 is 22.6 Å². The number of esters is 1. The highest BCUT2D eigenvalue weighted by Gasteiger charge is 2.74. The summed E-state index contributed by atoms with van der Waals surface area (Å²) in [5.41, 5.74) is -5.47. The summed E-state index contributed by atoms with van der Waals surface area (Å²) < 4.78 is 89.4. The summed E-state index contributed by atoms with van der Waals surface area (Å²) in [6, 6.07) is 0. The third kappa shape index (κ3) is 4.09. The Morgan fingerprint density at radius 3 is 1.68 bits per heavy atom. The van der Waals surface area contributed by atoms with Crippen LogP contribution in [0.2, 0.25) is 0 Å². The molecule has 0 saturated carbocycles. The average Bonchev–Trinajstić information content (AvgIpc) is 2.13. The van der Waals surface area contributed by atoms with Crippen LogP contribution < -0.4 is 0 Å². The van der Waals surface area contributed by atoms with Crippen molar-refractivity contribution in [3.8, 4) is 0 Å². The second-order valence-electron chi connectivity index (χ2n) is 3.89. The molecule has 0 rings (SSSR count). The molecule has 0 aliphatic heterocycles. The van der Waals surface area contributed by atoms with Gasteiger partial charge in [0.1, 0.15) is 3.42 Å². The molecular formula is C9H10F7IO2. The van der Waals surface area contributed by atoms with Crippen LogP contribution in [0, 0.1) is 0 Å². The molecule has 114 valence electrons. The SMILES string of the molecule is CCOC(=O)C(C)(I)CC(F)(C(F)(F)F)C(F)(F)F. The van der Waals surface area contributed by atoms with Crippen LogP contribution in [0.25, 0.3) is 0 Å². The molecule has 0 aromatic heterocycles. The van der Waals surface area contributed by atoms with E-state index in [0.717, 1.165) is 29.5 Å². The molecule has 1 unspecified atom stereocenters. The molecule has 0 radical (unpaired) electrons. The summed E-state index contributed by atoms with van der Waals surface area (Å²) in [5.74, 6) is -1.34. The molecule has 0 spiro atoms. The minimum absolute atomic E-state index is 0.241. The van der Waals surface area contributed by atoms with Crippen LogP contribution in [0.1, 0.15) is 20.3 Å². The minimum atomic E-state index is -6.18. The van der Waals surface area contributed by atoms with Crippen LogP contribution in [0.3, 0.4) is 0 Å². The van der Waals surface area contributed by atoms with Gasteiger partial charge in [0.25, 0.3) is 0 Å². The molecule has 0 aliphatic carbocycles. The number of alkyl halides is 8. The van der Waals surface area contributed by atoms with E-state index >= 15 is 0 Å². The van der Waals surface area contributed by atoms with Gasteiger partial charge in [0.15, 0.2) is 0 Å². The number of hydrogen-bond acceptors (Lipinski definition) is 2. The molecule has 0 aromatic carbocycles. The van der Waals surface area contributed by atoms with Gasteiger partial charge in [0.05, 0.1) is 6.61 Å². The molecule has 0 aliphatic rings. The van der Waals surface area contributed by atoms with Gasteiger partial charge in [-0.05, 0) is 13.8 Å². The smallest absolute Gasteiger partial charge is 0.431 e. The summed E-state index contributed by atoms with van der Waals surface area (Å²) >= 11 is 1.02. The Kier molecular flexibility index (Phi) is 5.52. The Bertz CT molecular complexity index is 320. The van der Waals surface area contributed by atoms with Crippen LogP contribution in [0.15, 0.2) is 0 Å². The van der Waals surface area contributed by atoms with Gasteiger partial charge in [0, 0.05) is 6.42 Å². The summed E-state index contributed by atoms with van der Waals surface area (Å²) in [5, 5.41) is 0. The van der Waals surface area contributed by atoms with Crippen molar-refractivity contribution < 1.29 is 40.3 Å². The van der Waals surface area contributed by atoms with Crippen molar-refractivity contribution in [2.24, 2.45) is 0 Å². The maximum absolute atomic E-state index is 13.4. The highest BCUT2D eigenvalue weighted by atomic mass is 127. The lowest BCUT2D eigenvalue weighted by atomic mass is 9.91. The Morgan fingerprint density at radius 1 is 1.05 bits per heavy atom. The number of hydrogen-bond donors (Lipinski definition) is 0. The lowest BCUT2D eigenvalue weighted by molar-refractivity contribution is -0.344. The average molecular weight is 410 g/mol. The molecule has 0 saturated heterocycles. The number of ether oxygens (including phenoxy) is 1. The standard InChI is InChI=1S/C9H10F7IO2/c1-3-19-5(18)6(2,17)4-7(10,8(11,12)13)9(14,15)16/h3-4H2,1-2H3. The van der Waals surface area contributed by atoms with E-state index in [-0.39, 0.29) is 6.61 Å². The zero-order chi connectivity index (χ0) is 15.7. The molecule has 0 heterocycles. The zero-order valence-corrected chi connectivity index (χ0v) is 11.9. The fourth-order valence-electron chi connectivity index (χ4n) is 1.17. The van der Waals surface area contributed by atoms with Crippen LogP contribution in [0.4, 0.5) is 30.7 Å². The second-order valence-corrected chi connectivity index (χ2v) is 6.27. The van der Waals surface area contributed by atoms with Gasteiger partial charge in [-0.2, -0.15) is 26.3 Å². The van der Waals surface area contributed by atoms with E-state index in [1.54, 1.807) is 0 Å². The van der Waals surface area contributed by atoms with E-state index in [0.29, 0.717) is 0 Å². The molecule has 1 atom stereocenters. The van der Waals surface area contributed by atoms with E-state index in [1.807, 2.05) is 0 Å². The van der Waals surface area contributed by atoms with Crippen LogP contribution in [-0.2, 0) is 9.53 Å². The number of carbonyl (C=O) groups is 1. The first-order valence-corrected chi connectivity index (χ1v) is 5.95. The van der Waals surface area contributed by atoms with Crippen molar-refractivity contribution in [3.63, 3.8) is 0 Å². The first-order valence-electron chi connectivity index (χ1n) is 4.87. The Labute approximate surface area is 117 Å². The summed E-state index contributed by atoms with van der Waals surface area (Å²) in [6.45, 7) is 1.83. The van der Waals surface area contributed by atoms with E-state index in [1.165, 1.54) is 6.92 Å². The van der Waals surface area contributed by atoms with Crippen molar-refractivity contribution >= 4 is 28.6 Å². The maximum Gasteiger partial charge on any atom is 0.431 e. The van der Waals surface area contributed by atoms with Gasteiger partial charge >= 0.3 is 24.0 Å². The zero-order valence-electron chi connectivity index (χ0n) is 9.75. The fraction of sp³-hybridized carbons (Fsp3) is 0.889. The fourth-order valence-corrected chi connectivity index (χ4v) is 1.85. The van der Waals surface area contributed by atoms with E-state index in [2.05, 4.69) is 4.74 Å². The van der Waals surface area contributed by atoms with Crippen molar-refractivity contribution in [2.45, 2.75) is 41.7 Å². The van der Waals surface area contributed by atoms with Crippen LogP contribution in [0.5, 0.6) is 0 Å². The molecule has 10 heteroatoms. The lowest BCUT2D eigenvalue weighted by Crippen LogP contribution is -2.57. The Morgan fingerprint density at radius 2 is 1.42 bits per heavy atom. The normalized spacial score (nSPS) is 16.9. The molecule has 19 heavy (non-hydrogen) atoms. The third-order valence-corrected chi connectivity index (χ3v) is 3.00. The second kappa shape index (κ2) is 5.60. The number of halogens is 8. The van der Waals surface area contributed by atoms with Gasteiger partial charge in [-0.15, -0.1) is 0 Å². The highest BCUT2D eigenvalue weighted by molar-refractivity contribution is 14.1. The summed E-state index contributed by atoms with van der Waals surface area (Å²) in [4.78, 5) is 11.3. The summed E-state index contributed by atoms with van der Waals surface area (Å²) in [7, 11) is 0. The highest BCUT2D eigenvalue weighted by Crippen LogP contribution is 2.51. The predicted molar refractivity (Wildman–Crippen MR) is 59.6 cm³/mol. The first-order chi connectivity index (χ1) is 8.19. The molecule has 0 fully saturated rings. The number of rotatable bonds is 4. The Hall–Kier alpha value is -0.290. The van der Waals surface area contributed by atoms with Gasteiger partial charge in [-0.25, -0.2) is 4.39 Å². The molecule has 0 amide bonds. The molecule has 0 bridgehead atoms. The van der Waals surface area contributed by atoms with Crippen molar-refractivity contribution in [1.29, 1.82) is 0 Å². The molecule has 0 N–H and O–H groups in total. The first kappa shape index (κ1) is 18.7. The van der Waals surface area contributed by atoms with Gasteiger partial charge in [-0.1, -0.05) is 22.6 Å². The van der Waals surface area contributed by atoms with E-state index in [4.69, 9.17) is 0 Å². The summed E-state index contributed by atoms with van der Waals surface area (Å²) in [6.07, 6.45) is -14.5. The van der Waals surface area contributed by atoms with E-state index < -0.39 is 33.8 Å². The Balaban J connectivity index is 5.44. The van der Waals surface area contributed by atoms with Gasteiger partial charge in [0.2, 0.25) is 0 Å². The van der Waals surface area contributed by atoms with Crippen molar-refractivity contribution in [2.75, 3.05) is 6.61 Å². The third-order valence-electron chi connectivity index (χ3n) is 2.18. The molecule has 2 nitrogen and oxygen atoms in total. The topological polar surface area (TPSA) is 26.3 Å². The molecular weight excluding hydrogens is 400 g/mol. The predicted octanol–water partition coefficient (Wildman–Crippen LogP) is 3.97. The number of carbonyl (C=O) groups excluding carboxylic acids is 1. The lowest BCUT2D eigenvalue weighted by Gasteiger charge is -2.34. The van der Waals surface area contributed by atoms with Crippen LogP contribution in [-0.4, -0.2) is 34.0 Å². The van der Waals surface area contributed by atoms with E-state index in [9.17, 15) is 35.5 Å². The van der Waals surface area contributed by atoms with Crippen molar-refractivity contribution in [1.82, 2.24) is 0 Å². The van der Waals surface area contributed by atoms with Gasteiger partial charge in [-0.3, -0.25) is 4.79 Å². The maximum atomic E-state index is 13.4. The molecule has 0 aromatic rings. The van der Waals surface area contributed by atoms with Gasteiger partial charge < -0.3 is 4.74 Å². The van der Waals surface area contributed by atoms with Crippen molar-refractivity contribution in [3.05, 3.63) is 0 Å².